The van der Waals surface area contributed by atoms with E-state index in [-0.39, 0.29) is 18.8 Å². The van der Waals surface area contributed by atoms with Gasteiger partial charge in [0.1, 0.15) is 0 Å². The van der Waals surface area contributed by atoms with Crippen molar-refractivity contribution in [1.82, 2.24) is 5.32 Å². The molecule has 0 aromatic heterocycles. The molecule has 52 valence electrons. The summed E-state index contributed by atoms with van der Waals surface area (Å²) in [4.78, 5) is 9.76. The summed E-state index contributed by atoms with van der Waals surface area (Å²) < 4.78 is 0. The van der Waals surface area contributed by atoms with Crippen LogP contribution in [0.3, 0.4) is 0 Å². The van der Waals surface area contributed by atoms with Crippen LogP contribution in [0.4, 0.5) is 4.79 Å². The normalized spacial score (nSPS) is 8.44. The third-order valence-corrected chi connectivity index (χ3v) is 0.671. The van der Waals surface area contributed by atoms with Crippen LogP contribution in [-0.2, 0) is 0 Å². The molecule has 0 heterocycles. The van der Waals surface area contributed by atoms with Crippen molar-refractivity contribution < 1.29 is 9.90 Å². The highest BCUT2D eigenvalue weighted by Gasteiger charge is 1.92. The predicted octanol–water partition coefficient (Wildman–Crippen LogP) is -0.420. The van der Waals surface area contributed by atoms with Crippen molar-refractivity contribution in [1.29, 1.82) is 5.41 Å². The van der Waals surface area contributed by atoms with Gasteiger partial charge in [-0.2, -0.15) is 0 Å². The first-order valence-electron chi connectivity index (χ1n) is 2.42. The van der Waals surface area contributed by atoms with E-state index in [9.17, 15) is 4.79 Å². The fraction of sp³-hybridized carbons (Fsp3) is 0.500. The standard InChI is InChI=1S/C4H9N3O2/c5-3(6)1-2-7-4(8)9/h7H,1-2H2,(H3,5,6)(H,8,9). The fourth-order valence-electron chi connectivity index (χ4n) is 0.304. The van der Waals surface area contributed by atoms with Crippen molar-refractivity contribution in [3.05, 3.63) is 0 Å². The molecule has 0 rings (SSSR count). The van der Waals surface area contributed by atoms with Gasteiger partial charge < -0.3 is 16.2 Å². The Labute approximate surface area is 52.4 Å². The Morgan fingerprint density at radius 1 is 1.78 bits per heavy atom. The maximum absolute atomic E-state index is 9.76. The second-order valence-corrected chi connectivity index (χ2v) is 1.51. The second kappa shape index (κ2) is 3.71. The van der Waals surface area contributed by atoms with Gasteiger partial charge in [-0.25, -0.2) is 4.79 Å². The van der Waals surface area contributed by atoms with Crippen LogP contribution in [0.25, 0.3) is 0 Å². The third kappa shape index (κ3) is 6.74. The van der Waals surface area contributed by atoms with E-state index in [1.54, 1.807) is 0 Å². The van der Waals surface area contributed by atoms with Crippen LogP contribution in [0.2, 0.25) is 0 Å². The van der Waals surface area contributed by atoms with Crippen LogP contribution in [0.15, 0.2) is 0 Å². The quantitative estimate of drug-likeness (QED) is 0.309. The van der Waals surface area contributed by atoms with E-state index in [4.69, 9.17) is 16.2 Å². The van der Waals surface area contributed by atoms with Gasteiger partial charge in [0.05, 0.1) is 5.84 Å². The van der Waals surface area contributed by atoms with Gasteiger partial charge in [-0.3, -0.25) is 5.41 Å². The van der Waals surface area contributed by atoms with E-state index in [0.717, 1.165) is 0 Å². The second-order valence-electron chi connectivity index (χ2n) is 1.51. The lowest BCUT2D eigenvalue weighted by molar-refractivity contribution is 0.195. The first kappa shape index (κ1) is 7.74. The number of rotatable bonds is 3. The molecule has 0 aromatic rings. The minimum absolute atomic E-state index is 0.0104. The van der Waals surface area contributed by atoms with E-state index in [0.29, 0.717) is 0 Å². The lowest BCUT2D eigenvalue weighted by Gasteiger charge is -1.96. The molecule has 0 radical (unpaired) electrons. The van der Waals surface area contributed by atoms with Gasteiger partial charge in [-0.05, 0) is 0 Å². The highest BCUT2D eigenvalue weighted by molar-refractivity contribution is 5.77. The van der Waals surface area contributed by atoms with Crippen molar-refractivity contribution in [2.75, 3.05) is 6.54 Å². The number of nitrogens with two attached hydrogens (primary N) is 1. The lowest BCUT2D eigenvalue weighted by Crippen LogP contribution is -2.25. The molecule has 0 aromatic carbocycles. The van der Waals surface area contributed by atoms with Crippen LogP contribution in [0.5, 0.6) is 0 Å². The lowest BCUT2D eigenvalue weighted by atomic mass is 10.4. The van der Waals surface area contributed by atoms with Crippen LogP contribution in [-0.4, -0.2) is 23.6 Å². The number of hydrogen-bond acceptors (Lipinski definition) is 2. The molecule has 0 spiro atoms. The Bertz CT molecular complexity index is 109. The maximum Gasteiger partial charge on any atom is 0.404 e. The summed E-state index contributed by atoms with van der Waals surface area (Å²) in [7, 11) is 0. The number of hydrogen-bond donors (Lipinski definition) is 4. The predicted molar refractivity (Wildman–Crippen MR) is 32.6 cm³/mol. The molecule has 0 bridgehead atoms. The molecule has 5 heteroatoms. The summed E-state index contributed by atoms with van der Waals surface area (Å²) in [5.74, 6) is -0.0104. The van der Waals surface area contributed by atoms with Crippen molar-refractivity contribution in [2.24, 2.45) is 5.73 Å². The SMILES string of the molecule is N=C(N)CCNC(=O)O. The summed E-state index contributed by atoms with van der Waals surface area (Å²) in [5, 5.41) is 16.8. The summed E-state index contributed by atoms with van der Waals surface area (Å²) >= 11 is 0. The third-order valence-electron chi connectivity index (χ3n) is 0.671. The van der Waals surface area contributed by atoms with Crippen molar-refractivity contribution in [2.45, 2.75) is 6.42 Å². The van der Waals surface area contributed by atoms with E-state index in [2.05, 4.69) is 5.32 Å². The molecule has 5 nitrogen and oxygen atoms in total. The summed E-state index contributed by atoms with van der Waals surface area (Å²) in [6.45, 7) is 0.213. The minimum atomic E-state index is -1.09. The highest BCUT2D eigenvalue weighted by atomic mass is 16.4. The Kier molecular flexibility index (Phi) is 3.19. The van der Waals surface area contributed by atoms with Gasteiger partial charge in [-0.15, -0.1) is 0 Å². The first-order valence-corrected chi connectivity index (χ1v) is 2.42. The van der Waals surface area contributed by atoms with E-state index >= 15 is 0 Å². The Morgan fingerprint density at radius 2 is 2.33 bits per heavy atom. The molecular formula is C4H9N3O2. The molecule has 0 fully saturated rings. The summed E-state index contributed by atoms with van der Waals surface area (Å²) in [6, 6.07) is 0. The molecule has 5 N–H and O–H groups in total. The number of amidine groups is 1. The van der Waals surface area contributed by atoms with Gasteiger partial charge in [0.25, 0.3) is 0 Å². The first-order chi connectivity index (χ1) is 4.13. The molecule has 0 saturated heterocycles. The molecule has 0 unspecified atom stereocenters. The zero-order chi connectivity index (χ0) is 7.28. The average molecular weight is 131 g/mol. The van der Waals surface area contributed by atoms with Gasteiger partial charge in [0.15, 0.2) is 0 Å². The summed E-state index contributed by atoms with van der Waals surface area (Å²) in [5.41, 5.74) is 4.93. The molecule has 1 amide bonds. The van der Waals surface area contributed by atoms with Crippen molar-refractivity contribution in [3.63, 3.8) is 0 Å². The Balaban J connectivity index is 3.10. The zero-order valence-electron chi connectivity index (χ0n) is 4.85. The monoisotopic (exact) mass is 131 g/mol. The van der Waals surface area contributed by atoms with Crippen molar-refractivity contribution >= 4 is 11.9 Å². The molecule has 0 saturated carbocycles. The molecule has 0 aliphatic rings. The largest absolute Gasteiger partial charge is 0.465 e. The number of nitrogens with one attached hydrogen (secondary N) is 2. The molecule has 9 heavy (non-hydrogen) atoms. The number of amides is 1. The topological polar surface area (TPSA) is 99.2 Å². The zero-order valence-corrected chi connectivity index (χ0v) is 4.85. The maximum atomic E-state index is 9.76. The highest BCUT2D eigenvalue weighted by Crippen LogP contribution is 1.71. The van der Waals surface area contributed by atoms with Gasteiger partial charge in [-0.1, -0.05) is 0 Å². The molecular weight excluding hydrogens is 122 g/mol. The smallest absolute Gasteiger partial charge is 0.404 e. The Morgan fingerprint density at radius 3 is 2.67 bits per heavy atom. The molecule has 0 aliphatic carbocycles. The van der Waals surface area contributed by atoms with Gasteiger partial charge in [0, 0.05) is 13.0 Å². The van der Waals surface area contributed by atoms with Crippen LogP contribution < -0.4 is 11.1 Å². The molecule has 0 atom stereocenters. The molecule has 0 aliphatic heterocycles. The van der Waals surface area contributed by atoms with Crippen molar-refractivity contribution in [3.8, 4) is 0 Å². The van der Waals surface area contributed by atoms with Crippen LogP contribution in [0, 0.1) is 5.41 Å². The summed E-state index contributed by atoms with van der Waals surface area (Å²) in [6.07, 6.45) is -0.817. The van der Waals surface area contributed by atoms with Crippen LogP contribution >= 0.6 is 0 Å². The van der Waals surface area contributed by atoms with Crippen LogP contribution in [0.1, 0.15) is 6.42 Å². The van der Waals surface area contributed by atoms with E-state index in [1.165, 1.54) is 0 Å². The number of carboxylic acid groups (broad SMARTS) is 1. The minimum Gasteiger partial charge on any atom is -0.465 e. The fourth-order valence-corrected chi connectivity index (χ4v) is 0.304. The number of carbonyl (C=O) groups is 1. The van der Waals surface area contributed by atoms with E-state index < -0.39 is 6.09 Å². The van der Waals surface area contributed by atoms with Gasteiger partial charge >= 0.3 is 6.09 Å². The average Bonchev–Trinajstić information content (AvgIpc) is 1.63. The Hall–Kier alpha value is -1.26. The van der Waals surface area contributed by atoms with Gasteiger partial charge in [0.2, 0.25) is 0 Å². The van der Waals surface area contributed by atoms with E-state index in [1.807, 2.05) is 0 Å².